The summed E-state index contributed by atoms with van der Waals surface area (Å²) in [6, 6.07) is -0.00317. The standard InChI is InChI=1S/C6H10N2O4/c7-5-8-4-3(12-5)6(10,1-9)2-11-4/h3-4,9-10H,1-2H2,(H2,7,8)/t3-,4-,6-/m1/s1. The zero-order valence-corrected chi connectivity index (χ0v) is 6.30. The molecule has 3 atom stereocenters. The smallest absolute Gasteiger partial charge is 0.285 e. The summed E-state index contributed by atoms with van der Waals surface area (Å²) in [5.74, 6) is 0. The summed E-state index contributed by atoms with van der Waals surface area (Å²) in [4.78, 5) is 3.77. The molecule has 0 amide bonds. The topological polar surface area (TPSA) is 97.3 Å². The fourth-order valence-corrected chi connectivity index (χ4v) is 1.36. The maximum absolute atomic E-state index is 9.66. The Morgan fingerprint density at radius 3 is 3.17 bits per heavy atom. The third-order valence-electron chi connectivity index (χ3n) is 2.07. The number of nitrogens with two attached hydrogens (primary N) is 1. The second-order valence-electron chi connectivity index (χ2n) is 2.97. The predicted molar refractivity (Wildman–Crippen MR) is 38.3 cm³/mol. The SMILES string of the molecule is NC1=N[C@@H]2OC[C@](O)(CO)[C@@H]2O1. The van der Waals surface area contributed by atoms with Gasteiger partial charge in [0.15, 0.2) is 17.9 Å². The van der Waals surface area contributed by atoms with Crippen LogP contribution in [0.5, 0.6) is 0 Å². The van der Waals surface area contributed by atoms with Gasteiger partial charge in [-0.3, -0.25) is 0 Å². The second-order valence-corrected chi connectivity index (χ2v) is 2.97. The lowest BCUT2D eigenvalue weighted by molar-refractivity contribution is -0.0715. The van der Waals surface area contributed by atoms with E-state index in [9.17, 15) is 5.11 Å². The van der Waals surface area contributed by atoms with E-state index in [4.69, 9.17) is 20.3 Å². The highest BCUT2D eigenvalue weighted by molar-refractivity contribution is 5.73. The number of aliphatic imine (C=N–C) groups is 1. The minimum atomic E-state index is -1.37. The van der Waals surface area contributed by atoms with E-state index < -0.39 is 24.5 Å². The van der Waals surface area contributed by atoms with E-state index in [0.717, 1.165) is 0 Å². The van der Waals surface area contributed by atoms with Gasteiger partial charge in [-0.15, -0.1) is 0 Å². The molecule has 68 valence electrons. The lowest BCUT2D eigenvalue weighted by Crippen LogP contribution is -2.47. The van der Waals surface area contributed by atoms with E-state index in [1.165, 1.54) is 0 Å². The van der Waals surface area contributed by atoms with Crippen molar-refractivity contribution in [3.05, 3.63) is 0 Å². The molecule has 6 heteroatoms. The molecule has 0 bridgehead atoms. The Kier molecular flexibility index (Phi) is 1.50. The Bertz CT molecular complexity index is 232. The van der Waals surface area contributed by atoms with Crippen molar-refractivity contribution >= 4 is 6.02 Å². The molecule has 6 nitrogen and oxygen atoms in total. The Morgan fingerprint density at radius 2 is 2.50 bits per heavy atom. The third kappa shape index (κ3) is 0.889. The van der Waals surface area contributed by atoms with E-state index in [1.54, 1.807) is 0 Å². The molecular formula is C6H10N2O4. The van der Waals surface area contributed by atoms with Crippen LogP contribution in [0, 0.1) is 0 Å². The van der Waals surface area contributed by atoms with Crippen molar-refractivity contribution in [3.63, 3.8) is 0 Å². The zero-order chi connectivity index (χ0) is 8.77. The highest BCUT2D eigenvalue weighted by atomic mass is 16.6. The van der Waals surface area contributed by atoms with E-state index in [-0.39, 0.29) is 12.6 Å². The fourth-order valence-electron chi connectivity index (χ4n) is 1.36. The molecule has 0 aromatic carbocycles. The molecule has 12 heavy (non-hydrogen) atoms. The van der Waals surface area contributed by atoms with Crippen LogP contribution in [0.3, 0.4) is 0 Å². The number of ether oxygens (including phenoxy) is 2. The zero-order valence-electron chi connectivity index (χ0n) is 6.30. The minimum Gasteiger partial charge on any atom is -0.454 e. The quantitative estimate of drug-likeness (QED) is 0.418. The van der Waals surface area contributed by atoms with Crippen molar-refractivity contribution in [2.45, 2.75) is 17.9 Å². The number of fused-ring (bicyclic) bond motifs is 1. The van der Waals surface area contributed by atoms with Crippen molar-refractivity contribution in [2.24, 2.45) is 10.7 Å². The summed E-state index contributed by atoms with van der Waals surface area (Å²) in [7, 11) is 0. The molecule has 0 saturated carbocycles. The number of aliphatic hydroxyl groups excluding tert-OH is 1. The fraction of sp³-hybridized carbons (Fsp3) is 0.833. The van der Waals surface area contributed by atoms with Crippen LogP contribution >= 0.6 is 0 Å². The van der Waals surface area contributed by atoms with E-state index >= 15 is 0 Å². The Labute approximate surface area is 68.6 Å². The molecule has 2 aliphatic heterocycles. The largest absolute Gasteiger partial charge is 0.454 e. The maximum atomic E-state index is 9.66. The first kappa shape index (κ1) is 7.78. The lowest BCUT2D eigenvalue weighted by atomic mass is 10.0. The van der Waals surface area contributed by atoms with E-state index in [1.807, 2.05) is 0 Å². The van der Waals surface area contributed by atoms with Crippen LogP contribution in [0.25, 0.3) is 0 Å². The molecule has 0 spiro atoms. The summed E-state index contributed by atoms with van der Waals surface area (Å²) in [5, 5.41) is 18.5. The summed E-state index contributed by atoms with van der Waals surface area (Å²) in [6.45, 7) is -0.396. The third-order valence-corrected chi connectivity index (χ3v) is 2.07. The minimum absolute atomic E-state index is 0.00317. The van der Waals surface area contributed by atoms with Crippen LogP contribution in [-0.4, -0.2) is 47.4 Å². The van der Waals surface area contributed by atoms with Crippen LogP contribution in [0.15, 0.2) is 4.99 Å². The Morgan fingerprint density at radius 1 is 1.75 bits per heavy atom. The number of aliphatic hydroxyl groups is 2. The number of nitrogens with zero attached hydrogens (tertiary/aromatic N) is 1. The summed E-state index contributed by atoms with van der Waals surface area (Å²) in [6.07, 6.45) is -1.23. The number of hydrogen-bond donors (Lipinski definition) is 3. The summed E-state index contributed by atoms with van der Waals surface area (Å²) < 4.78 is 10.0. The van der Waals surface area contributed by atoms with Crippen LogP contribution in [0.2, 0.25) is 0 Å². The van der Waals surface area contributed by atoms with E-state index in [2.05, 4.69) is 4.99 Å². The molecule has 2 rings (SSSR count). The molecule has 1 saturated heterocycles. The van der Waals surface area contributed by atoms with Crippen molar-refractivity contribution in [2.75, 3.05) is 13.2 Å². The number of amidine groups is 1. The van der Waals surface area contributed by atoms with Crippen molar-refractivity contribution in [1.29, 1.82) is 0 Å². The number of hydrogen-bond acceptors (Lipinski definition) is 6. The first-order valence-electron chi connectivity index (χ1n) is 3.60. The van der Waals surface area contributed by atoms with Gasteiger partial charge in [-0.1, -0.05) is 0 Å². The van der Waals surface area contributed by atoms with Crippen LogP contribution in [0.1, 0.15) is 0 Å². The molecule has 1 fully saturated rings. The van der Waals surface area contributed by atoms with Crippen LogP contribution < -0.4 is 5.73 Å². The highest BCUT2D eigenvalue weighted by Crippen LogP contribution is 2.31. The van der Waals surface area contributed by atoms with Gasteiger partial charge in [-0.2, -0.15) is 4.99 Å². The first-order chi connectivity index (χ1) is 5.65. The molecule has 0 aromatic heterocycles. The van der Waals surface area contributed by atoms with Crippen molar-refractivity contribution in [1.82, 2.24) is 0 Å². The number of rotatable bonds is 1. The Balaban J connectivity index is 2.18. The van der Waals surface area contributed by atoms with Gasteiger partial charge < -0.3 is 25.4 Å². The molecule has 0 aromatic rings. The predicted octanol–water partition coefficient (Wildman–Crippen LogP) is -2.22. The molecule has 0 unspecified atom stereocenters. The van der Waals surface area contributed by atoms with Crippen molar-refractivity contribution in [3.8, 4) is 0 Å². The second kappa shape index (κ2) is 2.32. The average Bonchev–Trinajstić information content (AvgIpc) is 2.53. The molecule has 0 aliphatic carbocycles. The van der Waals surface area contributed by atoms with Gasteiger partial charge in [-0.05, 0) is 0 Å². The van der Waals surface area contributed by atoms with Crippen molar-refractivity contribution < 1.29 is 19.7 Å². The molecule has 0 radical (unpaired) electrons. The van der Waals surface area contributed by atoms with Gasteiger partial charge in [0.2, 0.25) is 0 Å². The average molecular weight is 174 g/mol. The van der Waals surface area contributed by atoms with Crippen LogP contribution in [-0.2, 0) is 9.47 Å². The van der Waals surface area contributed by atoms with Gasteiger partial charge in [-0.25, -0.2) is 0 Å². The maximum Gasteiger partial charge on any atom is 0.285 e. The highest BCUT2D eigenvalue weighted by Gasteiger charge is 2.53. The lowest BCUT2D eigenvalue weighted by Gasteiger charge is -2.23. The van der Waals surface area contributed by atoms with Gasteiger partial charge >= 0.3 is 0 Å². The van der Waals surface area contributed by atoms with Gasteiger partial charge in [0.05, 0.1) is 13.2 Å². The van der Waals surface area contributed by atoms with Crippen LogP contribution in [0.4, 0.5) is 0 Å². The molecule has 4 N–H and O–H groups in total. The van der Waals surface area contributed by atoms with E-state index in [0.29, 0.717) is 0 Å². The first-order valence-corrected chi connectivity index (χ1v) is 3.60. The summed E-state index contributed by atoms with van der Waals surface area (Å²) in [5.41, 5.74) is 3.89. The molecule has 2 heterocycles. The monoisotopic (exact) mass is 174 g/mol. The van der Waals surface area contributed by atoms with Gasteiger partial charge in [0.1, 0.15) is 0 Å². The molecular weight excluding hydrogens is 164 g/mol. The normalized spacial score (nSPS) is 45.3. The van der Waals surface area contributed by atoms with Gasteiger partial charge in [0, 0.05) is 0 Å². The Hall–Kier alpha value is -0.850. The summed E-state index contributed by atoms with van der Waals surface area (Å²) >= 11 is 0. The molecule has 2 aliphatic rings. The van der Waals surface area contributed by atoms with Gasteiger partial charge in [0.25, 0.3) is 6.02 Å².